The quantitative estimate of drug-likeness (QED) is 0.417. The summed E-state index contributed by atoms with van der Waals surface area (Å²) in [5.74, 6) is 0. The minimum absolute atomic E-state index is 0.0243. The van der Waals surface area contributed by atoms with Crippen molar-refractivity contribution < 1.29 is 4.79 Å². The Morgan fingerprint density at radius 2 is 2.60 bits per heavy atom. The lowest BCUT2D eigenvalue weighted by molar-refractivity contribution is -0.109. The van der Waals surface area contributed by atoms with Crippen LogP contribution in [0.2, 0.25) is 0 Å². The van der Waals surface area contributed by atoms with Crippen LogP contribution in [-0.2, 0) is 4.79 Å². The number of rotatable bonds is 2. The Labute approximate surface area is 30.2 Å². The van der Waals surface area contributed by atoms with E-state index in [4.69, 9.17) is 5.73 Å². The third-order valence-corrected chi connectivity index (χ3v) is 0.185. The molecule has 0 aromatic heterocycles. The minimum atomic E-state index is -0.0243. The molecule has 2 N–H and O–H groups in total. The summed E-state index contributed by atoms with van der Waals surface area (Å²) in [7, 11) is 0. The van der Waals surface area contributed by atoms with Crippen LogP contribution in [0.4, 0.5) is 0 Å². The number of carbonyl (C=O) groups is 1. The molecule has 0 aliphatic heterocycles. The van der Waals surface area contributed by atoms with Crippen molar-refractivity contribution in [3.05, 3.63) is 0 Å². The maximum absolute atomic E-state index is 9.17. The van der Waals surface area contributed by atoms with Crippen molar-refractivity contribution >= 4 is 6.41 Å². The van der Waals surface area contributed by atoms with Gasteiger partial charge in [0.2, 0.25) is 6.41 Å². The summed E-state index contributed by atoms with van der Waals surface area (Å²) in [5, 5.41) is 2.10. The van der Waals surface area contributed by atoms with E-state index < -0.39 is 0 Å². The van der Waals surface area contributed by atoms with Gasteiger partial charge in [0, 0.05) is 0 Å². The van der Waals surface area contributed by atoms with E-state index in [1.165, 1.54) is 0 Å². The summed E-state index contributed by atoms with van der Waals surface area (Å²) in [6, 6.07) is 0. The van der Waals surface area contributed by atoms with Gasteiger partial charge >= 0.3 is 0 Å². The zero-order chi connectivity index (χ0) is 4.12. The first kappa shape index (κ1) is 4.43. The van der Waals surface area contributed by atoms with Crippen LogP contribution in [0.3, 0.4) is 0 Å². The summed E-state index contributed by atoms with van der Waals surface area (Å²) >= 11 is 0. The fourth-order valence-electron chi connectivity index (χ4n) is 0.0417. The molecule has 3 heteroatoms. The zero-order valence-corrected chi connectivity index (χ0v) is 2.69. The Hall–Kier alpha value is -0.570. The van der Waals surface area contributed by atoms with Crippen molar-refractivity contribution in [3.8, 4) is 0 Å². The highest BCUT2D eigenvalue weighted by Crippen LogP contribution is 1.26. The van der Waals surface area contributed by atoms with Crippen LogP contribution < -0.4 is 11.1 Å². The smallest absolute Gasteiger partial charge is 0.208 e. The second kappa shape index (κ2) is 3.43. The Morgan fingerprint density at radius 1 is 2.00 bits per heavy atom. The lowest BCUT2D eigenvalue weighted by atomic mass is 11.1. The molecule has 0 bridgehead atoms. The molecule has 0 atom stereocenters. The topological polar surface area (TPSA) is 52.9 Å². The van der Waals surface area contributed by atoms with Gasteiger partial charge in [0.05, 0.1) is 6.67 Å². The van der Waals surface area contributed by atoms with E-state index in [0.29, 0.717) is 6.41 Å². The first-order chi connectivity index (χ1) is 2.41. The number of amides is 1. The fraction of sp³-hybridized carbons (Fsp3) is 0.500. The largest absolute Gasteiger partial charge is 0.345 e. The molecule has 0 rings (SSSR count). The van der Waals surface area contributed by atoms with Crippen molar-refractivity contribution in [2.24, 2.45) is 0 Å². The molecule has 0 aromatic rings. The fourth-order valence-corrected chi connectivity index (χ4v) is 0.0417. The molecule has 29 valence electrons. The molecule has 0 saturated carbocycles. The Kier molecular flexibility index (Phi) is 3.04. The standard InChI is InChI=1S/C2H5N2O/c3-1-4-2-5/h2-3H,1H2,(H,4,5). The van der Waals surface area contributed by atoms with Crippen LogP contribution in [0.1, 0.15) is 0 Å². The molecule has 3 nitrogen and oxygen atoms in total. The van der Waals surface area contributed by atoms with Crippen molar-refractivity contribution in [2.75, 3.05) is 6.67 Å². The third-order valence-electron chi connectivity index (χ3n) is 0.185. The number of hydrogen-bond donors (Lipinski definition) is 1. The van der Waals surface area contributed by atoms with E-state index in [0.717, 1.165) is 0 Å². The molecule has 5 heavy (non-hydrogen) atoms. The zero-order valence-electron chi connectivity index (χ0n) is 2.69. The van der Waals surface area contributed by atoms with Gasteiger partial charge in [-0.25, -0.2) is 5.73 Å². The molecular weight excluding hydrogens is 68.0 g/mol. The molecule has 1 amide bonds. The highest BCUT2D eigenvalue weighted by molar-refractivity contribution is 5.45. The van der Waals surface area contributed by atoms with Crippen LogP contribution in [0, 0.1) is 0 Å². The van der Waals surface area contributed by atoms with E-state index in [9.17, 15) is 4.79 Å². The molecule has 0 unspecified atom stereocenters. The van der Waals surface area contributed by atoms with Crippen molar-refractivity contribution in [1.82, 2.24) is 11.1 Å². The monoisotopic (exact) mass is 73.0 g/mol. The lowest BCUT2D eigenvalue weighted by Crippen LogP contribution is -2.11. The van der Waals surface area contributed by atoms with Gasteiger partial charge in [-0.05, 0) is 0 Å². The van der Waals surface area contributed by atoms with Crippen molar-refractivity contribution in [3.63, 3.8) is 0 Å². The molecule has 0 aromatic carbocycles. The Balaban J connectivity index is 2.40. The van der Waals surface area contributed by atoms with Crippen LogP contribution in [0.15, 0.2) is 0 Å². The first-order valence-corrected chi connectivity index (χ1v) is 1.23. The van der Waals surface area contributed by atoms with Gasteiger partial charge in [-0.15, -0.1) is 0 Å². The van der Waals surface area contributed by atoms with Crippen LogP contribution in [0.5, 0.6) is 0 Å². The van der Waals surface area contributed by atoms with Gasteiger partial charge in [-0.2, -0.15) is 0 Å². The van der Waals surface area contributed by atoms with E-state index in [1.54, 1.807) is 0 Å². The Bertz CT molecular complexity index is 28.8. The molecule has 0 saturated heterocycles. The molecular formula is C2H5N2O. The number of hydrogen-bond acceptors (Lipinski definition) is 1. The van der Waals surface area contributed by atoms with E-state index in [1.807, 2.05) is 0 Å². The predicted molar refractivity (Wildman–Crippen MR) is 17.2 cm³/mol. The normalized spacial score (nSPS) is 6.60. The molecule has 1 radical (unpaired) electrons. The Morgan fingerprint density at radius 3 is 2.60 bits per heavy atom. The third kappa shape index (κ3) is 3.43. The maximum Gasteiger partial charge on any atom is 0.208 e. The second-order valence-corrected chi connectivity index (χ2v) is 0.499. The highest BCUT2D eigenvalue weighted by atomic mass is 16.1. The maximum atomic E-state index is 9.17. The average Bonchev–Trinajstić information content (AvgIpc) is 1.41. The van der Waals surface area contributed by atoms with E-state index in [-0.39, 0.29) is 6.67 Å². The summed E-state index contributed by atoms with van der Waals surface area (Å²) in [4.78, 5) is 9.17. The molecule has 0 spiro atoms. The molecule has 0 aliphatic rings. The van der Waals surface area contributed by atoms with Gasteiger partial charge in [0.1, 0.15) is 0 Å². The average molecular weight is 73.1 g/mol. The summed E-state index contributed by atoms with van der Waals surface area (Å²) in [6.07, 6.45) is 0.493. The van der Waals surface area contributed by atoms with Gasteiger partial charge in [0.15, 0.2) is 0 Å². The van der Waals surface area contributed by atoms with Crippen molar-refractivity contribution in [1.29, 1.82) is 0 Å². The molecule has 0 aliphatic carbocycles. The first-order valence-electron chi connectivity index (χ1n) is 1.23. The molecule has 0 heterocycles. The highest BCUT2D eigenvalue weighted by Gasteiger charge is 1.59. The predicted octanol–water partition coefficient (Wildman–Crippen LogP) is -1.03. The van der Waals surface area contributed by atoms with E-state index >= 15 is 0 Å². The number of nitrogens with one attached hydrogen (secondary N) is 2. The summed E-state index contributed by atoms with van der Waals surface area (Å²) in [6.45, 7) is -0.0243. The van der Waals surface area contributed by atoms with Crippen LogP contribution in [0.25, 0.3) is 0 Å². The van der Waals surface area contributed by atoms with Gasteiger partial charge < -0.3 is 5.32 Å². The van der Waals surface area contributed by atoms with E-state index in [2.05, 4.69) is 5.32 Å². The summed E-state index contributed by atoms with van der Waals surface area (Å²) in [5.41, 5.74) is 6.26. The minimum Gasteiger partial charge on any atom is -0.345 e. The lowest BCUT2D eigenvalue weighted by Gasteiger charge is -1.78. The molecule has 0 fully saturated rings. The van der Waals surface area contributed by atoms with Gasteiger partial charge in [0.25, 0.3) is 0 Å². The summed E-state index contributed by atoms with van der Waals surface area (Å²) < 4.78 is 0. The van der Waals surface area contributed by atoms with Crippen LogP contribution >= 0.6 is 0 Å². The van der Waals surface area contributed by atoms with Gasteiger partial charge in [-0.1, -0.05) is 0 Å². The van der Waals surface area contributed by atoms with Crippen LogP contribution in [-0.4, -0.2) is 13.1 Å². The van der Waals surface area contributed by atoms with Crippen molar-refractivity contribution in [2.45, 2.75) is 0 Å². The van der Waals surface area contributed by atoms with Gasteiger partial charge in [-0.3, -0.25) is 4.79 Å². The second-order valence-electron chi connectivity index (χ2n) is 0.499. The SMILES string of the molecule is [NH]CNC=O. The number of carbonyl (C=O) groups excluding carboxylic acids is 1.